The number of nitrogens with one attached hydrogen (secondary N) is 2. The van der Waals surface area contributed by atoms with Gasteiger partial charge >= 0.3 is 0 Å². The molecule has 27 heavy (non-hydrogen) atoms. The molecule has 0 bridgehead atoms. The summed E-state index contributed by atoms with van der Waals surface area (Å²) >= 11 is 0. The zero-order chi connectivity index (χ0) is 20.0. The number of rotatable bonds is 7. The van der Waals surface area contributed by atoms with E-state index >= 15 is 0 Å². The Labute approximate surface area is 158 Å². The first kappa shape index (κ1) is 20.4. The van der Waals surface area contributed by atoms with Crippen molar-refractivity contribution in [2.75, 3.05) is 18.8 Å². The number of nitrogens with two attached hydrogens (primary N) is 1. The summed E-state index contributed by atoms with van der Waals surface area (Å²) in [5.41, 5.74) is 7.43. The molecule has 2 rings (SSSR count). The first-order chi connectivity index (χ1) is 12.9. The molecule has 0 saturated carbocycles. The number of benzene rings is 1. The van der Waals surface area contributed by atoms with E-state index < -0.39 is 12.1 Å². The number of hydrogen-bond acceptors (Lipinski definition) is 5. The molecule has 0 unspecified atom stereocenters. The third kappa shape index (κ3) is 4.64. The Morgan fingerprint density at radius 3 is 2.78 bits per heavy atom. The second kappa shape index (κ2) is 9.16. The van der Waals surface area contributed by atoms with E-state index in [9.17, 15) is 19.2 Å². The quantitative estimate of drug-likeness (QED) is 0.471. The zero-order valence-electron chi connectivity index (χ0n) is 15.7. The Morgan fingerprint density at radius 2 is 2.11 bits per heavy atom. The van der Waals surface area contributed by atoms with Gasteiger partial charge in [-0.15, -0.1) is 0 Å². The minimum atomic E-state index is -0.738. The smallest absolute Gasteiger partial charge is 0.252 e. The van der Waals surface area contributed by atoms with Crippen LogP contribution in [0, 0.1) is 6.92 Å². The summed E-state index contributed by atoms with van der Waals surface area (Å²) < 4.78 is 0. The maximum atomic E-state index is 12.9. The number of nitrogens with zero attached hydrogens (tertiary/aromatic N) is 1. The second-order valence-corrected chi connectivity index (χ2v) is 6.56. The Morgan fingerprint density at radius 1 is 1.37 bits per heavy atom. The van der Waals surface area contributed by atoms with Crippen molar-refractivity contribution < 1.29 is 19.2 Å². The summed E-state index contributed by atoms with van der Waals surface area (Å²) in [4.78, 5) is 49.7. The van der Waals surface area contributed by atoms with Gasteiger partial charge in [-0.2, -0.15) is 0 Å². The van der Waals surface area contributed by atoms with E-state index in [1.54, 1.807) is 32.0 Å². The van der Waals surface area contributed by atoms with Crippen LogP contribution in [0.1, 0.15) is 42.1 Å². The Balaban J connectivity index is 2.10. The normalized spacial score (nSPS) is 17.3. The van der Waals surface area contributed by atoms with Gasteiger partial charge in [-0.1, -0.05) is 13.0 Å². The van der Waals surface area contributed by atoms with E-state index in [1.165, 1.54) is 4.90 Å². The third-order valence-electron chi connectivity index (χ3n) is 4.83. The van der Waals surface area contributed by atoms with E-state index in [0.717, 1.165) is 0 Å². The van der Waals surface area contributed by atoms with Gasteiger partial charge in [0.05, 0.1) is 6.54 Å². The molecule has 1 aromatic carbocycles. The molecular weight excluding hydrogens is 348 g/mol. The Bertz CT molecular complexity index is 734. The highest BCUT2D eigenvalue weighted by Gasteiger charge is 2.37. The molecule has 1 aromatic rings. The minimum absolute atomic E-state index is 0.0833. The first-order valence-electron chi connectivity index (χ1n) is 9.08. The van der Waals surface area contributed by atoms with E-state index in [-0.39, 0.29) is 24.3 Å². The minimum Gasteiger partial charge on any atom is -0.398 e. The molecule has 1 heterocycles. The molecule has 3 amide bonds. The average molecular weight is 374 g/mol. The van der Waals surface area contributed by atoms with E-state index in [2.05, 4.69) is 10.6 Å². The van der Waals surface area contributed by atoms with Crippen molar-refractivity contribution in [2.45, 2.75) is 45.2 Å². The fourth-order valence-electron chi connectivity index (χ4n) is 3.24. The lowest BCUT2D eigenvalue weighted by molar-refractivity contribution is -0.140. The monoisotopic (exact) mass is 374 g/mol. The molecule has 4 N–H and O–H groups in total. The van der Waals surface area contributed by atoms with Crippen LogP contribution in [0.25, 0.3) is 0 Å². The summed E-state index contributed by atoms with van der Waals surface area (Å²) in [5, 5.41) is 5.25. The number of hydrogen-bond donors (Lipinski definition) is 3. The number of anilines is 1. The van der Waals surface area contributed by atoms with Crippen LogP contribution < -0.4 is 16.4 Å². The van der Waals surface area contributed by atoms with Gasteiger partial charge in [-0.05, 0) is 43.9 Å². The fourth-order valence-corrected chi connectivity index (χ4v) is 3.24. The first-order valence-corrected chi connectivity index (χ1v) is 9.08. The fraction of sp³-hybridized carbons (Fsp3) is 0.474. The summed E-state index contributed by atoms with van der Waals surface area (Å²) in [5.74, 6) is -1.02. The second-order valence-electron chi connectivity index (χ2n) is 6.56. The van der Waals surface area contributed by atoms with Crippen molar-refractivity contribution in [3.05, 3.63) is 29.3 Å². The molecule has 1 fully saturated rings. The molecule has 2 atom stereocenters. The van der Waals surface area contributed by atoms with Gasteiger partial charge in [0.1, 0.15) is 18.4 Å². The molecular formula is C19H26N4O4. The van der Waals surface area contributed by atoms with Crippen LogP contribution in [-0.2, 0) is 14.4 Å². The lowest BCUT2D eigenvalue weighted by Crippen LogP contribution is -2.53. The van der Waals surface area contributed by atoms with Crippen molar-refractivity contribution in [3.63, 3.8) is 0 Å². The summed E-state index contributed by atoms with van der Waals surface area (Å²) in [6, 6.07) is 3.70. The molecule has 0 radical (unpaired) electrons. The largest absolute Gasteiger partial charge is 0.398 e. The van der Waals surface area contributed by atoms with Crippen LogP contribution in [0.5, 0.6) is 0 Å². The van der Waals surface area contributed by atoms with Crippen LogP contribution in [0.15, 0.2) is 18.2 Å². The van der Waals surface area contributed by atoms with E-state index in [4.69, 9.17) is 5.73 Å². The Hall–Kier alpha value is -2.90. The lowest BCUT2D eigenvalue weighted by atomic mass is 10.1. The number of amides is 3. The van der Waals surface area contributed by atoms with Crippen LogP contribution >= 0.6 is 0 Å². The van der Waals surface area contributed by atoms with Crippen molar-refractivity contribution in [3.8, 4) is 0 Å². The SMILES string of the molecule is CC[C@H](NC(=O)c1cccc(N)c1C)C(=O)N1CCC[C@H]1C(=O)NCC=O. The molecule has 1 saturated heterocycles. The van der Waals surface area contributed by atoms with Crippen LogP contribution in [0.4, 0.5) is 5.69 Å². The van der Waals surface area contributed by atoms with E-state index in [0.29, 0.717) is 48.9 Å². The van der Waals surface area contributed by atoms with Gasteiger partial charge in [0.2, 0.25) is 11.8 Å². The number of carbonyl (C=O) groups excluding carboxylic acids is 4. The highest BCUT2D eigenvalue weighted by atomic mass is 16.2. The van der Waals surface area contributed by atoms with Crippen LogP contribution in [-0.4, -0.2) is 54.1 Å². The predicted molar refractivity (Wildman–Crippen MR) is 101 cm³/mol. The summed E-state index contributed by atoms with van der Waals surface area (Å²) in [6.45, 7) is 3.91. The maximum absolute atomic E-state index is 12.9. The van der Waals surface area contributed by atoms with Gasteiger partial charge in [-0.25, -0.2) is 0 Å². The summed E-state index contributed by atoms with van der Waals surface area (Å²) in [6.07, 6.45) is 2.23. The van der Waals surface area contributed by atoms with Crippen molar-refractivity contribution in [1.82, 2.24) is 15.5 Å². The van der Waals surface area contributed by atoms with Gasteiger partial charge in [-0.3, -0.25) is 14.4 Å². The van der Waals surface area contributed by atoms with Crippen molar-refractivity contribution in [1.29, 1.82) is 0 Å². The third-order valence-corrected chi connectivity index (χ3v) is 4.83. The van der Waals surface area contributed by atoms with Crippen molar-refractivity contribution in [2.24, 2.45) is 0 Å². The van der Waals surface area contributed by atoms with Crippen molar-refractivity contribution >= 4 is 29.7 Å². The van der Waals surface area contributed by atoms with Crippen LogP contribution in [0.3, 0.4) is 0 Å². The number of nitrogen functional groups attached to an aromatic ring is 1. The maximum Gasteiger partial charge on any atom is 0.252 e. The molecule has 1 aliphatic rings. The zero-order valence-corrected chi connectivity index (χ0v) is 15.7. The van der Waals surface area contributed by atoms with Gasteiger partial charge in [0.15, 0.2) is 0 Å². The number of carbonyl (C=O) groups is 4. The molecule has 1 aliphatic heterocycles. The highest BCUT2D eigenvalue weighted by Crippen LogP contribution is 2.20. The highest BCUT2D eigenvalue weighted by molar-refractivity contribution is 6.00. The average Bonchev–Trinajstić information content (AvgIpc) is 3.15. The standard InChI is InChI=1S/C19H26N4O4/c1-3-15(22-17(25)13-6-4-7-14(20)12(13)2)19(27)23-10-5-8-16(23)18(26)21-9-11-24/h4,6-7,11,15-16H,3,5,8-10,20H2,1-2H3,(H,21,26)(H,22,25)/t15-,16-/m0/s1. The van der Waals surface area contributed by atoms with Crippen LogP contribution in [0.2, 0.25) is 0 Å². The molecule has 146 valence electrons. The molecule has 8 heteroatoms. The molecule has 8 nitrogen and oxygen atoms in total. The van der Waals surface area contributed by atoms with E-state index in [1.807, 2.05) is 0 Å². The Kier molecular flexibility index (Phi) is 6.92. The van der Waals surface area contributed by atoms with Gasteiger partial charge in [0, 0.05) is 17.8 Å². The van der Waals surface area contributed by atoms with Gasteiger partial charge in [0.25, 0.3) is 5.91 Å². The molecule has 0 aliphatic carbocycles. The topological polar surface area (TPSA) is 122 Å². The number of likely N-dealkylation sites (tertiary alicyclic amines) is 1. The summed E-state index contributed by atoms with van der Waals surface area (Å²) in [7, 11) is 0. The number of aldehydes is 1. The lowest BCUT2D eigenvalue weighted by Gasteiger charge is -2.28. The molecule has 0 spiro atoms. The van der Waals surface area contributed by atoms with Gasteiger partial charge < -0.3 is 26.1 Å². The predicted octanol–water partition coefficient (Wildman–Crippen LogP) is 0.392. The molecule has 0 aromatic heterocycles.